The van der Waals surface area contributed by atoms with Crippen molar-refractivity contribution in [2.24, 2.45) is 11.1 Å². The molecule has 0 saturated heterocycles. The maximum atomic E-state index is 12.7. The van der Waals surface area contributed by atoms with Gasteiger partial charge in [0.15, 0.2) is 0 Å². The highest BCUT2D eigenvalue weighted by atomic mass is 32.2. The van der Waals surface area contributed by atoms with Gasteiger partial charge in [0, 0.05) is 23.7 Å². The molecule has 0 radical (unpaired) electrons. The lowest BCUT2D eigenvalue weighted by Gasteiger charge is -2.36. The fraction of sp³-hybridized carbons (Fsp3) is 0.500. The predicted octanol–water partition coefficient (Wildman–Crippen LogP) is 2.50. The maximum Gasteiger partial charge on any atom is 0.234 e. The summed E-state index contributed by atoms with van der Waals surface area (Å²) in [5, 5.41) is 0. The number of fused-ring (bicyclic) bond motifs is 1. The van der Waals surface area contributed by atoms with Crippen LogP contribution in [0, 0.1) is 5.41 Å². The second-order valence-electron chi connectivity index (χ2n) is 4.89. The molecule has 1 aromatic carbocycles. The fourth-order valence-corrected chi connectivity index (χ4v) is 3.08. The third-order valence-corrected chi connectivity index (χ3v) is 4.76. The molecule has 0 fully saturated rings. The molecule has 1 aliphatic heterocycles. The topological polar surface area (TPSA) is 46.3 Å². The Kier molecular flexibility index (Phi) is 3.97. The van der Waals surface area contributed by atoms with Crippen LogP contribution in [0.15, 0.2) is 29.2 Å². The van der Waals surface area contributed by atoms with Gasteiger partial charge in [-0.3, -0.25) is 4.79 Å². The second-order valence-corrected chi connectivity index (χ2v) is 6.03. The molecule has 1 aliphatic rings. The molecule has 0 bridgehead atoms. The van der Waals surface area contributed by atoms with Crippen molar-refractivity contribution >= 4 is 23.4 Å². The van der Waals surface area contributed by atoms with Gasteiger partial charge in [-0.2, -0.15) is 0 Å². The van der Waals surface area contributed by atoms with E-state index >= 15 is 0 Å². The van der Waals surface area contributed by atoms with Crippen molar-refractivity contribution in [2.45, 2.75) is 25.2 Å². The van der Waals surface area contributed by atoms with Crippen molar-refractivity contribution in [3.63, 3.8) is 0 Å². The number of carbonyl (C=O) groups excluding carboxylic acids is 1. The lowest BCUT2D eigenvalue weighted by Crippen LogP contribution is -2.48. The van der Waals surface area contributed by atoms with Crippen LogP contribution in [0.3, 0.4) is 0 Å². The smallest absolute Gasteiger partial charge is 0.234 e. The minimum atomic E-state index is -0.449. The molecule has 98 valence electrons. The van der Waals surface area contributed by atoms with Crippen LogP contribution in [0.5, 0.6) is 0 Å². The zero-order chi connectivity index (χ0) is 13.2. The predicted molar refractivity (Wildman–Crippen MR) is 77.0 cm³/mol. The standard InChI is InChI=1S/C14H20N2OS/c1-3-14(2,10-15)13(17)16-8-9-18-12-7-5-4-6-11(12)16/h4-7H,3,8-10,15H2,1-2H3. The first-order chi connectivity index (χ1) is 8.62. The van der Waals surface area contributed by atoms with Crippen LogP contribution >= 0.6 is 11.8 Å². The van der Waals surface area contributed by atoms with E-state index in [9.17, 15) is 4.79 Å². The van der Waals surface area contributed by atoms with E-state index < -0.39 is 5.41 Å². The summed E-state index contributed by atoms with van der Waals surface area (Å²) in [6, 6.07) is 8.09. The summed E-state index contributed by atoms with van der Waals surface area (Å²) in [6.07, 6.45) is 0.772. The van der Waals surface area contributed by atoms with Crippen LogP contribution in [0.25, 0.3) is 0 Å². The molecule has 0 saturated carbocycles. The molecular weight excluding hydrogens is 244 g/mol. The van der Waals surface area contributed by atoms with Crippen LogP contribution in [0.2, 0.25) is 0 Å². The molecule has 18 heavy (non-hydrogen) atoms. The Hall–Kier alpha value is -1.00. The zero-order valence-corrected chi connectivity index (χ0v) is 11.8. The quantitative estimate of drug-likeness (QED) is 0.912. The average molecular weight is 264 g/mol. The number of benzene rings is 1. The van der Waals surface area contributed by atoms with Crippen molar-refractivity contribution in [1.82, 2.24) is 0 Å². The second kappa shape index (κ2) is 5.33. The number of amides is 1. The number of nitrogens with two attached hydrogens (primary N) is 1. The van der Waals surface area contributed by atoms with Gasteiger partial charge in [-0.15, -0.1) is 11.8 Å². The van der Waals surface area contributed by atoms with E-state index in [1.165, 1.54) is 4.90 Å². The number of hydrogen-bond donors (Lipinski definition) is 1. The van der Waals surface area contributed by atoms with Crippen molar-refractivity contribution in [2.75, 3.05) is 23.7 Å². The number of anilines is 1. The Bertz CT molecular complexity index is 443. The molecule has 0 aliphatic carbocycles. The van der Waals surface area contributed by atoms with Crippen molar-refractivity contribution in [3.8, 4) is 0 Å². The zero-order valence-electron chi connectivity index (χ0n) is 11.0. The monoisotopic (exact) mass is 264 g/mol. The Balaban J connectivity index is 2.33. The van der Waals surface area contributed by atoms with E-state index in [0.29, 0.717) is 6.54 Å². The Labute approximate surface area is 113 Å². The summed E-state index contributed by atoms with van der Waals surface area (Å²) < 4.78 is 0. The van der Waals surface area contributed by atoms with Gasteiger partial charge < -0.3 is 10.6 Å². The third kappa shape index (κ3) is 2.27. The Morgan fingerprint density at radius 3 is 2.89 bits per heavy atom. The van der Waals surface area contributed by atoms with Gasteiger partial charge in [0.25, 0.3) is 0 Å². The maximum absolute atomic E-state index is 12.7. The summed E-state index contributed by atoms with van der Waals surface area (Å²) in [7, 11) is 0. The van der Waals surface area contributed by atoms with Crippen LogP contribution < -0.4 is 10.6 Å². The highest BCUT2D eigenvalue weighted by molar-refractivity contribution is 7.99. The Morgan fingerprint density at radius 2 is 2.22 bits per heavy atom. The SMILES string of the molecule is CCC(C)(CN)C(=O)N1CCSc2ccccc21. The highest BCUT2D eigenvalue weighted by Gasteiger charge is 2.36. The van der Waals surface area contributed by atoms with Gasteiger partial charge in [-0.1, -0.05) is 19.1 Å². The van der Waals surface area contributed by atoms with Crippen LogP contribution in [0.1, 0.15) is 20.3 Å². The minimum absolute atomic E-state index is 0.153. The number of carbonyl (C=O) groups is 1. The number of rotatable bonds is 3. The van der Waals surface area contributed by atoms with Gasteiger partial charge in [0.2, 0.25) is 5.91 Å². The molecule has 1 unspecified atom stereocenters. The van der Waals surface area contributed by atoms with Crippen LogP contribution in [-0.4, -0.2) is 24.7 Å². The molecule has 0 aromatic heterocycles. The first-order valence-corrected chi connectivity index (χ1v) is 7.35. The minimum Gasteiger partial charge on any atom is -0.329 e. The lowest BCUT2D eigenvalue weighted by molar-refractivity contribution is -0.127. The number of nitrogens with zero attached hydrogens (tertiary/aromatic N) is 1. The van der Waals surface area contributed by atoms with E-state index in [2.05, 4.69) is 6.07 Å². The number of thioether (sulfide) groups is 1. The molecule has 2 rings (SSSR count). The van der Waals surface area contributed by atoms with E-state index in [1.807, 2.05) is 48.7 Å². The fourth-order valence-electron chi connectivity index (χ4n) is 2.09. The van der Waals surface area contributed by atoms with Gasteiger partial charge in [-0.05, 0) is 25.5 Å². The molecule has 1 amide bonds. The lowest BCUT2D eigenvalue weighted by atomic mass is 9.86. The first kappa shape index (κ1) is 13.4. The van der Waals surface area contributed by atoms with Gasteiger partial charge >= 0.3 is 0 Å². The largest absolute Gasteiger partial charge is 0.329 e. The summed E-state index contributed by atoms with van der Waals surface area (Å²) >= 11 is 1.81. The first-order valence-electron chi connectivity index (χ1n) is 6.36. The molecule has 1 atom stereocenters. The normalized spacial score (nSPS) is 18.1. The third-order valence-electron chi connectivity index (χ3n) is 3.72. The van der Waals surface area contributed by atoms with Crippen LogP contribution in [0.4, 0.5) is 5.69 Å². The molecule has 1 heterocycles. The van der Waals surface area contributed by atoms with Crippen molar-refractivity contribution < 1.29 is 4.79 Å². The summed E-state index contributed by atoms with van der Waals surface area (Å²) in [5.74, 6) is 1.10. The summed E-state index contributed by atoms with van der Waals surface area (Å²) in [4.78, 5) is 15.8. The average Bonchev–Trinajstić information content (AvgIpc) is 2.45. The molecule has 0 spiro atoms. The van der Waals surface area contributed by atoms with Crippen molar-refractivity contribution in [1.29, 1.82) is 0 Å². The molecule has 3 nitrogen and oxygen atoms in total. The number of para-hydroxylation sites is 1. The Morgan fingerprint density at radius 1 is 1.50 bits per heavy atom. The van der Waals surface area contributed by atoms with E-state index in [0.717, 1.165) is 24.4 Å². The van der Waals surface area contributed by atoms with Crippen molar-refractivity contribution in [3.05, 3.63) is 24.3 Å². The molecule has 1 aromatic rings. The van der Waals surface area contributed by atoms with E-state index in [4.69, 9.17) is 5.73 Å². The van der Waals surface area contributed by atoms with Gasteiger partial charge in [-0.25, -0.2) is 0 Å². The van der Waals surface area contributed by atoms with Gasteiger partial charge in [0.1, 0.15) is 0 Å². The number of hydrogen-bond acceptors (Lipinski definition) is 3. The summed E-state index contributed by atoms with van der Waals surface area (Å²) in [5.41, 5.74) is 6.38. The van der Waals surface area contributed by atoms with E-state index in [1.54, 1.807) is 0 Å². The molecular formula is C14H20N2OS. The molecule has 4 heteroatoms. The van der Waals surface area contributed by atoms with Gasteiger partial charge in [0.05, 0.1) is 11.1 Å². The summed E-state index contributed by atoms with van der Waals surface area (Å²) in [6.45, 7) is 5.15. The molecule has 2 N–H and O–H groups in total. The van der Waals surface area contributed by atoms with E-state index in [-0.39, 0.29) is 5.91 Å². The van der Waals surface area contributed by atoms with Crippen LogP contribution in [-0.2, 0) is 4.79 Å². The highest BCUT2D eigenvalue weighted by Crippen LogP contribution is 2.37.